The summed E-state index contributed by atoms with van der Waals surface area (Å²) in [6, 6.07) is 4.29. The molecule has 0 fully saturated rings. The van der Waals surface area contributed by atoms with Crippen LogP contribution in [0.15, 0.2) is 24.5 Å². The number of aromatic nitrogens is 2. The first-order valence-corrected chi connectivity index (χ1v) is 6.48. The van der Waals surface area contributed by atoms with Gasteiger partial charge in [-0.2, -0.15) is 5.10 Å². The van der Waals surface area contributed by atoms with Crippen LogP contribution in [0.1, 0.15) is 15.3 Å². The number of aliphatic hydroxyl groups is 1. The molecule has 17 heavy (non-hydrogen) atoms. The molecule has 4 nitrogen and oxygen atoms in total. The molecule has 2 N–H and O–H groups in total. The number of rotatable bonds is 6. The monoisotopic (exact) mass is 251 g/mol. The van der Waals surface area contributed by atoms with E-state index in [4.69, 9.17) is 5.11 Å². The third-order valence-corrected chi connectivity index (χ3v) is 3.44. The maximum atomic E-state index is 8.78. The number of hydrogen-bond acceptors (Lipinski definition) is 4. The lowest BCUT2D eigenvalue weighted by atomic mass is 10.3. The largest absolute Gasteiger partial charge is 0.394 e. The average molecular weight is 251 g/mol. The van der Waals surface area contributed by atoms with Gasteiger partial charge in [0.05, 0.1) is 19.3 Å². The van der Waals surface area contributed by atoms with Crippen molar-refractivity contribution in [3.8, 4) is 0 Å². The van der Waals surface area contributed by atoms with Crippen LogP contribution >= 0.6 is 11.3 Å². The van der Waals surface area contributed by atoms with Crippen molar-refractivity contribution in [2.45, 2.75) is 26.6 Å². The van der Waals surface area contributed by atoms with Crippen LogP contribution in [0.5, 0.6) is 0 Å². The van der Waals surface area contributed by atoms with Crippen molar-refractivity contribution < 1.29 is 5.11 Å². The molecule has 2 aromatic rings. The normalized spacial score (nSPS) is 10.9. The molecular formula is C12H17N3OS. The summed E-state index contributed by atoms with van der Waals surface area (Å²) in [5.74, 6) is 0. The lowest BCUT2D eigenvalue weighted by Crippen LogP contribution is -2.11. The van der Waals surface area contributed by atoms with Crippen LogP contribution in [0, 0.1) is 6.92 Å². The zero-order valence-electron chi connectivity index (χ0n) is 9.89. The third-order valence-electron chi connectivity index (χ3n) is 2.44. The Bertz CT molecular complexity index is 464. The zero-order chi connectivity index (χ0) is 12.1. The van der Waals surface area contributed by atoms with Crippen molar-refractivity contribution in [3.63, 3.8) is 0 Å². The van der Waals surface area contributed by atoms with E-state index in [1.165, 1.54) is 9.75 Å². The number of nitrogens with zero attached hydrogens (tertiary/aromatic N) is 2. The quantitative estimate of drug-likeness (QED) is 0.818. The van der Waals surface area contributed by atoms with Gasteiger partial charge in [-0.1, -0.05) is 0 Å². The highest BCUT2D eigenvalue weighted by Gasteiger charge is 1.99. The SMILES string of the molecule is Cc1ccc(CNCc2cnn(CCO)c2)s1. The van der Waals surface area contributed by atoms with Crippen molar-refractivity contribution in [1.29, 1.82) is 0 Å². The van der Waals surface area contributed by atoms with Gasteiger partial charge in [-0.3, -0.25) is 4.68 Å². The molecule has 5 heteroatoms. The summed E-state index contributed by atoms with van der Waals surface area (Å²) in [6.07, 6.45) is 3.80. The van der Waals surface area contributed by atoms with Crippen LogP contribution in [-0.2, 0) is 19.6 Å². The summed E-state index contributed by atoms with van der Waals surface area (Å²) in [6.45, 7) is 4.51. The lowest BCUT2D eigenvalue weighted by Gasteiger charge is -2.00. The molecule has 0 unspecified atom stereocenters. The van der Waals surface area contributed by atoms with E-state index in [1.54, 1.807) is 4.68 Å². The van der Waals surface area contributed by atoms with E-state index in [1.807, 2.05) is 23.7 Å². The fraction of sp³-hybridized carbons (Fsp3) is 0.417. The van der Waals surface area contributed by atoms with Crippen LogP contribution in [0.2, 0.25) is 0 Å². The maximum Gasteiger partial charge on any atom is 0.0640 e. The Morgan fingerprint density at radius 2 is 2.29 bits per heavy atom. The van der Waals surface area contributed by atoms with Gasteiger partial charge in [-0.05, 0) is 19.1 Å². The molecule has 0 bridgehead atoms. The predicted molar refractivity (Wildman–Crippen MR) is 68.9 cm³/mol. The third kappa shape index (κ3) is 3.66. The molecular weight excluding hydrogens is 234 g/mol. The van der Waals surface area contributed by atoms with Crippen molar-refractivity contribution in [2.24, 2.45) is 0 Å². The molecule has 0 aliphatic carbocycles. The van der Waals surface area contributed by atoms with Crippen molar-refractivity contribution in [3.05, 3.63) is 39.8 Å². The molecule has 0 amide bonds. The molecule has 2 aromatic heterocycles. The van der Waals surface area contributed by atoms with Gasteiger partial charge in [-0.15, -0.1) is 11.3 Å². The van der Waals surface area contributed by atoms with E-state index in [-0.39, 0.29) is 6.61 Å². The predicted octanol–water partition coefficient (Wildman–Crippen LogP) is 1.54. The second-order valence-electron chi connectivity index (χ2n) is 3.95. The highest BCUT2D eigenvalue weighted by atomic mass is 32.1. The molecule has 2 heterocycles. The average Bonchev–Trinajstić information content (AvgIpc) is 2.89. The smallest absolute Gasteiger partial charge is 0.0640 e. The number of nitrogens with one attached hydrogen (secondary N) is 1. The first-order chi connectivity index (χ1) is 8.28. The van der Waals surface area contributed by atoms with Crippen molar-refractivity contribution in [2.75, 3.05) is 6.61 Å². The number of thiophene rings is 1. The molecule has 92 valence electrons. The van der Waals surface area contributed by atoms with Crippen LogP contribution in [0.4, 0.5) is 0 Å². The molecule has 0 atom stereocenters. The number of aliphatic hydroxyl groups excluding tert-OH is 1. The fourth-order valence-electron chi connectivity index (χ4n) is 1.63. The zero-order valence-corrected chi connectivity index (χ0v) is 10.7. The van der Waals surface area contributed by atoms with Gasteiger partial charge < -0.3 is 10.4 Å². The Labute approximate surface area is 105 Å². The van der Waals surface area contributed by atoms with E-state index in [2.05, 4.69) is 29.5 Å². The minimum Gasteiger partial charge on any atom is -0.394 e. The number of hydrogen-bond donors (Lipinski definition) is 2. The first-order valence-electron chi connectivity index (χ1n) is 5.66. The summed E-state index contributed by atoms with van der Waals surface area (Å²) in [4.78, 5) is 2.70. The molecule has 0 aliphatic rings. The Balaban J connectivity index is 1.77. The second kappa shape index (κ2) is 5.95. The molecule has 0 saturated carbocycles. The van der Waals surface area contributed by atoms with Gasteiger partial charge in [-0.25, -0.2) is 0 Å². The molecule has 0 saturated heterocycles. The van der Waals surface area contributed by atoms with Crippen molar-refractivity contribution >= 4 is 11.3 Å². The van der Waals surface area contributed by atoms with Gasteiger partial charge in [0, 0.05) is 34.6 Å². The van der Waals surface area contributed by atoms with Gasteiger partial charge >= 0.3 is 0 Å². The molecule has 0 aliphatic heterocycles. The van der Waals surface area contributed by atoms with Crippen LogP contribution < -0.4 is 5.32 Å². The summed E-state index contributed by atoms with van der Waals surface area (Å²) in [5, 5.41) is 16.3. The van der Waals surface area contributed by atoms with E-state index in [0.29, 0.717) is 6.54 Å². The van der Waals surface area contributed by atoms with E-state index in [9.17, 15) is 0 Å². The highest BCUT2D eigenvalue weighted by molar-refractivity contribution is 7.11. The molecule has 0 spiro atoms. The lowest BCUT2D eigenvalue weighted by molar-refractivity contribution is 0.269. The summed E-state index contributed by atoms with van der Waals surface area (Å²) in [7, 11) is 0. The molecule has 0 radical (unpaired) electrons. The molecule has 0 aromatic carbocycles. The summed E-state index contributed by atoms with van der Waals surface area (Å²) in [5.41, 5.74) is 1.15. The maximum absolute atomic E-state index is 8.78. The van der Waals surface area contributed by atoms with E-state index < -0.39 is 0 Å². The van der Waals surface area contributed by atoms with E-state index in [0.717, 1.165) is 18.7 Å². The summed E-state index contributed by atoms with van der Waals surface area (Å²) < 4.78 is 1.76. The second-order valence-corrected chi connectivity index (χ2v) is 5.32. The minimum absolute atomic E-state index is 0.128. The first kappa shape index (κ1) is 12.3. The summed E-state index contributed by atoms with van der Waals surface area (Å²) >= 11 is 1.82. The van der Waals surface area contributed by atoms with Crippen LogP contribution in [0.3, 0.4) is 0 Å². The Hall–Kier alpha value is -1.17. The van der Waals surface area contributed by atoms with Gasteiger partial charge in [0.2, 0.25) is 0 Å². The Kier molecular flexibility index (Phi) is 4.30. The van der Waals surface area contributed by atoms with E-state index >= 15 is 0 Å². The number of aryl methyl sites for hydroxylation is 1. The van der Waals surface area contributed by atoms with Gasteiger partial charge in [0.1, 0.15) is 0 Å². The Morgan fingerprint density at radius 3 is 3.00 bits per heavy atom. The highest BCUT2D eigenvalue weighted by Crippen LogP contribution is 2.14. The van der Waals surface area contributed by atoms with Gasteiger partial charge in [0.25, 0.3) is 0 Å². The van der Waals surface area contributed by atoms with Crippen LogP contribution in [-0.4, -0.2) is 21.5 Å². The molecule has 2 rings (SSSR count). The topological polar surface area (TPSA) is 50.1 Å². The van der Waals surface area contributed by atoms with Crippen LogP contribution in [0.25, 0.3) is 0 Å². The Morgan fingerprint density at radius 1 is 1.41 bits per heavy atom. The minimum atomic E-state index is 0.128. The van der Waals surface area contributed by atoms with Gasteiger partial charge in [0.15, 0.2) is 0 Å². The van der Waals surface area contributed by atoms with Crippen molar-refractivity contribution in [1.82, 2.24) is 15.1 Å². The fourth-order valence-corrected chi connectivity index (χ4v) is 2.49. The standard InChI is InChI=1S/C12H17N3OS/c1-10-2-3-12(17-10)8-13-6-11-7-14-15(9-11)4-5-16/h2-3,7,9,13,16H,4-6,8H2,1H3.